The number of hydrogen-bond donors (Lipinski definition) is 3. The molecule has 5 heteroatoms. The summed E-state index contributed by atoms with van der Waals surface area (Å²) < 4.78 is 0. The Kier molecular flexibility index (Phi) is 5.28. The molecule has 0 saturated carbocycles. The Morgan fingerprint density at radius 2 is 1.93 bits per heavy atom. The third-order valence-electron chi connectivity index (χ3n) is 2.23. The van der Waals surface area contributed by atoms with Crippen LogP contribution in [0, 0.1) is 0 Å². The third kappa shape index (κ3) is 6.06. The fourth-order valence-corrected chi connectivity index (χ4v) is 0.878. The first-order valence-electron chi connectivity index (χ1n) is 4.99. The summed E-state index contributed by atoms with van der Waals surface area (Å²) in [5.74, 6) is -0.341. The summed E-state index contributed by atoms with van der Waals surface area (Å²) in [5.41, 5.74) is -0.646. The molecule has 0 aromatic rings. The molecule has 2 amide bonds. The van der Waals surface area contributed by atoms with Crippen molar-refractivity contribution < 1.29 is 14.7 Å². The van der Waals surface area contributed by atoms with Crippen LogP contribution in [0.1, 0.15) is 34.1 Å². The van der Waals surface area contributed by atoms with Gasteiger partial charge in [0.2, 0.25) is 11.8 Å². The zero-order chi connectivity index (χ0) is 12.1. The van der Waals surface area contributed by atoms with Gasteiger partial charge in [0.25, 0.3) is 0 Å². The highest BCUT2D eigenvalue weighted by atomic mass is 16.3. The number of nitrogens with one attached hydrogen (secondary N) is 2. The lowest BCUT2D eigenvalue weighted by Gasteiger charge is -2.29. The first kappa shape index (κ1) is 13.9. The lowest BCUT2D eigenvalue weighted by molar-refractivity contribution is -0.124. The highest BCUT2D eigenvalue weighted by molar-refractivity contribution is 5.78. The van der Waals surface area contributed by atoms with E-state index < -0.39 is 11.6 Å². The molecular formula is C10H20N2O3. The van der Waals surface area contributed by atoms with Crippen molar-refractivity contribution in [3.8, 4) is 0 Å². The van der Waals surface area contributed by atoms with Gasteiger partial charge in [-0.1, -0.05) is 0 Å². The van der Waals surface area contributed by atoms with E-state index in [1.807, 2.05) is 0 Å². The number of hydrogen-bond acceptors (Lipinski definition) is 3. The van der Waals surface area contributed by atoms with Gasteiger partial charge >= 0.3 is 0 Å². The summed E-state index contributed by atoms with van der Waals surface area (Å²) in [6, 6.07) is 0. The lowest BCUT2D eigenvalue weighted by Crippen LogP contribution is -2.51. The number of aliphatic hydroxyl groups excluding tert-OH is 1. The van der Waals surface area contributed by atoms with Crippen LogP contribution in [0.2, 0.25) is 0 Å². The van der Waals surface area contributed by atoms with Gasteiger partial charge in [0.1, 0.15) is 0 Å². The minimum Gasteiger partial charge on any atom is -0.391 e. The molecule has 15 heavy (non-hydrogen) atoms. The second-order valence-electron chi connectivity index (χ2n) is 4.18. The number of carbonyl (C=O) groups is 2. The number of carbonyl (C=O) groups excluding carboxylic acids is 2. The molecule has 5 nitrogen and oxygen atoms in total. The molecule has 0 aliphatic carbocycles. The molecule has 0 bridgehead atoms. The van der Waals surface area contributed by atoms with Crippen LogP contribution in [0.3, 0.4) is 0 Å². The van der Waals surface area contributed by atoms with E-state index in [0.29, 0.717) is 6.54 Å². The van der Waals surface area contributed by atoms with Gasteiger partial charge in [-0.2, -0.15) is 0 Å². The molecule has 0 rings (SSSR count). The minimum absolute atomic E-state index is 0.155. The van der Waals surface area contributed by atoms with Gasteiger partial charge in [-0.15, -0.1) is 0 Å². The summed E-state index contributed by atoms with van der Waals surface area (Å²) >= 11 is 0. The van der Waals surface area contributed by atoms with Gasteiger partial charge in [0, 0.05) is 19.9 Å². The average molecular weight is 216 g/mol. The fraction of sp³-hybridized carbons (Fsp3) is 0.800. The predicted octanol–water partition coefficient (Wildman–Crippen LogP) is -0.212. The highest BCUT2D eigenvalue weighted by Crippen LogP contribution is 2.08. The van der Waals surface area contributed by atoms with E-state index >= 15 is 0 Å². The van der Waals surface area contributed by atoms with Crippen LogP contribution in [-0.4, -0.2) is 35.1 Å². The van der Waals surface area contributed by atoms with Crippen LogP contribution in [0.15, 0.2) is 0 Å². The molecule has 1 atom stereocenters. The van der Waals surface area contributed by atoms with E-state index in [9.17, 15) is 14.7 Å². The molecule has 0 aliphatic heterocycles. The van der Waals surface area contributed by atoms with E-state index in [0.717, 1.165) is 0 Å². The Hall–Kier alpha value is -1.10. The van der Waals surface area contributed by atoms with E-state index in [1.54, 1.807) is 20.8 Å². The molecule has 0 aromatic carbocycles. The summed E-state index contributed by atoms with van der Waals surface area (Å²) in [6.45, 7) is 6.82. The maximum atomic E-state index is 11.4. The summed E-state index contributed by atoms with van der Waals surface area (Å²) in [5, 5.41) is 14.6. The maximum absolute atomic E-state index is 11.4. The average Bonchev–Trinajstić information content (AvgIpc) is 2.01. The number of rotatable bonds is 5. The molecule has 0 spiro atoms. The van der Waals surface area contributed by atoms with Crippen LogP contribution < -0.4 is 10.6 Å². The van der Waals surface area contributed by atoms with Gasteiger partial charge in [0.05, 0.1) is 11.6 Å². The molecule has 0 aromatic heterocycles. The second kappa shape index (κ2) is 5.70. The largest absolute Gasteiger partial charge is 0.391 e. The molecule has 0 saturated heterocycles. The zero-order valence-electron chi connectivity index (χ0n) is 9.76. The van der Waals surface area contributed by atoms with Crippen molar-refractivity contribution in [3.63, 3.8) is 0 Å². The van der Waals surface area contributed by atoms with E-state index in [1.165, 1.54) is 6.92 Å². The van der Waals surface area contributed by atoms with Crippen molar-refractivity contribution in [2.75, 3.05) is 6.54 Å². The van der Waals surface area contributed by atoms with Crippen molar-refractivity contribution in [3.05, 3.63) is 0 Å². The third-order valence-corrected chi connectivity index (χ3v) is 2.23. The van der Waals surface area contributed by atoms with Gasteiger partial charge < -0.3 is 15.7 Å². The first-order valence-corrected chi connectivity index (χ1v) is 4.99. The molecule has 0 aliphatic rings. The van der Waals surface area contributed by atoms with Crippen LogP contribution in [0.25, 0.3) is 0 Å². The minimum atomic E-state index is -0.646. The van der Waals surface area contributed by atoms with E-state index in [2.05, 4.69) is 10.6 Å². The smallest absolute Gasteiger partial charge is 0.222 e. The van der Waals surface area contributed by atoms with E-state index in [-0.39, 0.29) is 18.2 Å². The molecule has 1 unspecified atom stereocenters. The standard InChI is InChI=1S/C10H20N2O3/c1-7(13)10(3,4)12-9(15)5-6-11-8(2)14/h7,13H,5-6H2,1-4H3,(H,11,14)(H,12,15). The topological polar surface area (TPSA) is 78.4 Å². The van der Waals surface area contributed by atoms with Crippen LogP contribution in [-0.2, 0) is 9.59 Å². The molecule has 3 N–H and O–H groups in total. The van der Waals surface area contributed by atoms with Crippen molar-refractivity contribution >= 4 is 11.8 Å². The summed E-state index contributed by atoms with van der Waals surface area (Å²) in [4.78, 5) is 21.9. The Balaban J connectivity index is 3.88. The number of amides is 2. The molecule has 0 fully saturated rings. The SMILES string of the molecule is CC(=O)NCCC(=O)NC(C)(C)C(C)O. The molecule has 88 valence electrons. The van der Waals surface area contributed by atoms with Gasteiger partial charge in [-0.3, -0.25) is 9.59 Å². The zero-order valence-corrected chi connectivity index (χ0v) is 9.76. The predicted molar refractivity (Wildman–Crippen MR) is 57.2 cm³/mol. The van der Waals surface area contributed by atoms with Crippen molar-refractivity contribution in [2.24, 2.45) is 0 Å². The highest BCUT2D eigenvalue weighted by Gasteiger charge is 2.25. The fourth-order valence-electron chi connectivity index (χ4n) is 0.878. The van der Waals surface area contributed by atoms with Gasteiger partial charge in [-0.25, -0.2) is 0 Å². The maximum Gasteiger partial charge on any atom is 0.222 e. The van der Waals surface area contributed by atoms with Crippen molar-refractivity contribution in [1.29, 1.82) is 0 Å². The van der Waals surface area contributed by atoms with Crippen LogP contribution in [0.5, 0.6) is 0 Å². The van der Waals surface area contributed by atoms with Crippen LogP contribution in [0.4, 0.5) is 0 Å². The normalized spacial score (nSPS) is 13.1. The number of aliphatic hydroxyl groups is 1. The molecule has 0 radical (unpaired) electrons. The first-order chi connectivity index (χ1) is 6.75. The van der Waals surface area contributed by atoms with Gasteiger partial charge in [-0.05, 0) is 20.8 Å². The lowest BCUT2D eigenvalue weighted by atomic mass is 9.98. The molecular weight excluding hydrogens is 196 g/mol. The Bertz CT molecular complexity index is 237. The van der Waals surface area contributed by atoms with Crippen LogP contribution >= 0.6 is 0 Å². The summed E-state index contributed by atoms with van der Waals surface area (Å²) in [7, 11) is 0. The second-order valence-corrected chi connectivity index (χ2v) is 4.18. The Labute approximate surface area is 90.2 Å². The Morgan fingerprint density at radius 3 is 2.33 bits per heavy atom. The Morgan fingerprint density at radius 1 is 1.40 bits per heavy atom. The molecule has 0 heterocycles. The van der Waals surface area contributed by atoms with E-state index in [4.69, 9.17) is 0 Å². The van der Waals surface area contributed by atoms with Gasteiger partial charge in [0.15, 0.2) is 0 Å². The van der Waals surface area contributed by atoms with Crippen molar-refractivity contribution in [2.45, 2.75) is 45.8 Å². The monoisotopic (exact) mass is 216 g/mol. The quantitative estimate of drug-likeness (QED) is 0.595. The van der Waals surface area contributed by atoms with Crippen molar-refractivity contribution in [1.82, 2.24) is 10.6 Å². The summed E-state index contributed by atoms with van der Waals surface area (Å²) in [6.07, 6.45) is -0.405.